The molecule has 0 unspecified atom stereocenters. The topological polar surface area (TPSA) is 104 Å². The van der Waals surface area contributed by atoms with Gasteiger partial charge in [0, 0.05) is 56.4 Å². The maximum Gasteiger partial charge on any atom is 0.320 e. The van der Waals surface area contributed by atoms with E-state index in [0.717, 1.165) is 49.2 Å². The van der Waals surface area contributed by atoms with Gasteiger partial charge in [0.2, 0.25) is 0 Å². The van der Waals surface area contributed by atoms with Crippen LogP contribution in [0.15, 0.2) is 36.5 Å². The van der Waals surface area contributed by atoms with Gasteiger partial charge in [0.25, 0.3) is 0 Å². The number of aromatic amines is 1. The minimum absolute atomic E-state index is 0.264. The summed E-state index contributed by atoms with van der Waals surface area (Å²) in [6.45, 7) is 5.43. The molecule has 1 aliphatic rings. The van der Waals surface area contributed by atoms with E-state index < -0.39 is 0 Å². The Morgan fingerprint density at radius 2 is 1.87 bits per heavy atom. The van der Waals surface area contributed by atoms with Gasteiger partial charge in [-0.3, -0.25) is 10.2 Å². The van der Waals surface area contributed by atoms with E-state index in [-0.39, 0.29) is 6.03 Å². The minimum atomic E-state index is -0.264. The normalized spacial score (nSPS) is 14.4. The summed E-state index contributed by atoms with van der Waals surface area (Å²) in [6.07, 6.45) is 1.87. The molecule has 0 saturated carbocycles. The fraction of sp³-hybridized carbons (Fsp3) is 0.364. The summed E-state index contributed by atoms with van der Waals surface area (Å²) in [5, 5.41) is 9.93. The van der Waals surface area contributed by atoms with Gasteiger partial charge < -0.3 is 25.1 Å². The fourth-order valence-corrected chi connectivity index (χ4v) is 3.82. The average molecular weight is 425 g/mol. The number of ether oxygens (including phenoxy) is 2. The number of pyridine rings is 1. The van der Waals surface area contributed by atoms with E-state index in [1.807, 2.05) is 30.5 Å². The largest absolute Gasteiger partial charge is 0.496 e. The number of rotatable bonds is 7. The molecule has 9 heteroatoms. The molecule has 0 atom stereocenters. The van der Waals surface area contributed by atoms with Crippen LogP contribution in [0.2, 0.25) is 0 Å². The van der Waals surface area contributed by atoms with Crippen LogP contribution in [0.3, 0.4) is 0 Å². The lowest BCUT2D eigenvalue weighted by atomic mass is 10.0. The molecule has 1 saturated heterocycles. The number of methoxy groups -OCH3 is 2. The van der Waals surface area contributed by atoms with Gasteiger partial charge in [-0.25, -0.2) is 9.78 Å². The quantitative estimate of drug-likeness (QED) is 0.464. The van der Waals surface area contributed by atoms with E-state index in [1.54, 1.807) is 20.3 Å². The Bertz CT molecular complexity index is 1020. The summed E-state index contributed by atoms with van der Waals surface area (Å²) in [5.74, 6) is 1.91. The van der Waals surface area contributed by atoms with Crippen LogP contribution in [0.5, 0.6) is 11.5 Å². The van der Waals surface area contributed by atoms with Gasteiger partial charge in [-0.1, -0.05) is 6.07 Å². The maximum absolute atomic E-state index is 12.2. The average Bonchev–Trinajstić information content (AvgIpc) is 3.22. The van der Waals surface area contributed by atoms with E-state index in [4.69, 9.17) is 9.47 Å². The molecule has 2 amide bonds. The zero-order chi connectivity index (χ0) is 21.6. The van der Waals surface area contributed by atoms with Crippen molar-refractivity contribution in [2.24, 2.45) is 0 Å². The second-order valence-corrected chi connectivity index (χ2v) is 7.31. The zero-order valence-electron chi connectivity index (χ0n) is 17.8. The Morgan fingerprint density at radius 3 is 2.58 bits per heavy atom. The van der Waals surface area contributed by atoms with E-state index >= 15 is 0 Å². The highest BCUT2D eigenvalue weighted by atomic mass is 16.5. The lowest BCUT2D eigenvalue weighted by Gasteiger charge is -2.27. The van der Waals surface area contributed by atoms with Gasteiger partial charge in [-0.15, -0.1) is 0 Å². The van der Waals surface area contributed by atoms with Crippen molar-refractivity contribution >= 4 is 22.9 Å². The van der Waals surface area contributed by atoms with E-state index in [0.29, 0.717) is 29.5 Å². The highest BCUT2D eigenvalue weighted by Crippen LogP contribution is 2.41. The SMILES string of the molecule is COc1cccc(OC)c1-c1c[nH]c2nc(NC(=O)NCCN3CCNCC3)ccc12. The van der Waals surface area contributed by atoms with Crippen LogP contribution in [-0.2, 0) is 0 Å². The van der Waals surface area contributed by atoms with Crippen molar-refractivity contribution in [1.82, 2.24) is 25.5 Å². The summed E-state index contributed by atoms with van der Waals surface area (Å²) < 4.78 is 11.1. The Kier molecular flexibility index (Phi) is 6.54. The number of hydrogen-bond donors (Lipinski definition) is 4. The van der Waals surface area contributed by atoms with E-state index in [2.05, 4.69) is 30.8 Å². The summed E-state index contributed by atoms with van der Waals surface area (Å²) in [4.78, 5) is 22.3. The number of fused-ring (bicyclic) bond motifs is 1. The number of nitrogens with one attached hydrogen (secondary N) is 4. The monoisotopic (exact) mass is 424 g/mol. The van der Waals surface area contributed by atoms with Crippen LogP contribution in [-0.4, -0.2) is 74.4 Å². The van der Waals surface area contributed by atoms with Crippen LogP contribution in [0.25, 0.3) is 22.2 Å². The number of hydrogen-bond acceptors (Lipinski definition) is 6. The standard InChI is InChI=1S/C22H28N6O3/c1-30-17-4-3-5-18(31-2)20(17)16-14-25-21-15(16)6-7-19(26-21)27-22(29)24-10-13-28-11-8-23-9-12-28/h3-7,14,23H,8-13H2,1-2H3,(H3,24,25,26,27,29). The molecule has 9 nitrogen and oxygen atoms in total. The summed E-state index contributed by atoms with van der Waals surface area (Å²) in [7, 11) is 3.27. The third-order valence-electron chi connectivity index (χ3n) is 5.40. The zero-order valence-corrected chi connectivity index (χ0v) is 17.8. The van der Waals surface area contributed by atoms with Gasteiger partial charge in [0.1, 0.15) is 23.0 Å². The van der Waals surface area contributed by atoms with E-state index in [9.17, 15) is 4.79 Å². The number of benzene rings is 1. The summed E-state index contributed by atoms with van der Waals surface area (Å²) >= 11 is 0. The second kappa shape index (κ2) is 9.67. The molecule has 4 rings (SSSR count). The van der Waals surface area contributed by atoms with Gasteiger partial charge in [0.05, 0.1) is 19.8 Å². The van der Waals surface area contributed by atoms with Crippen molar-refractivity contribution in [2.45, 2.75) is 0 Å². The molecule has 1 aromatic carbocycles. The summed E-state index contributed by atoms with van der Waals surface area (Å²) in [5.41, 5.74) is 2.44. The number of nitrogens with zero attached hydrogens (tertiary/aromatic N) is 2. The molecule has 1 fully saturated rings. The van der Waals surface area contributed by atoms with Crippen LogP contribution < -0.4 is 25.4 Å². The maximum atomic E-state index is 12.2. The van der Waals surface area contributed by atoms with Crippen molar-refractivity contribution < 1.29 is 14.3 Å². The summed E-state index contributed by atoms with van der Waals surface area (Å²) in [6, 6.07) is 9.13. The molecule has 3 heterocycles. The molecule has 3 aromatic rings. The molecule has 0 radical (unpaired) electrons. The molecule has 0 aliphatic carbocycles. The van der Waals surface area contributed by atoms with Crippen molar-refractivity contribution in [3.63, 3.8) is 0 Å². The number of aromatic nitrogens is 2. The molecule has 0 bridgehead atoms. The molecular weight excluding hydrogens is 396 g/mol. The number of piperazine rings is 1. The lowest BCUT2D eigenvalue weighted by Crippen LogP contribution is -2.46. The highest BCUT2D eigenvalue weighted by Gasteiger charge is 2.17. The number of amides is 2. The number of anilines is 1. The smallest absolute Gasteiger partial charge is 0.320 e. The van der Waals surface area contributed by atoms with Gasteiger partial charge >= 0.3 is 6.03 Å². The lowest BCUT2D eigenvalue weighted by molar-refractivity contribution is 0.233. The number of carbonyl (C=O) groups excluding carboxylic acids is 1. The first-order valence-corrected chi connectivity index (χ1v) is 10.4. The molecule has 164 valence electrons. The van der Waals surface area contributed by atoms with Crippen molar-refractivity contribution in [1.29, 1.82) is 0 Å². The van der Waals surface area contributed by atoms with Gasteiger partial charge in [-0.05, 0) is 24.3 Å². The molecule has 2 aromatic heterocycles. The number of carbonyl (C=O) groups is 1. The first kappa shape index (κ1) is 21.0. The number of urea groups is 1. The minimum Gasteiger partial charge on any atom is -0.496 e. The van der Waals surface area contributed by atoms with Crippen LogP contribution >= 0.6 is 0 Å². The van der Waals surface area contributed by atoms with Gasteiger partial charge in [0.15, 0.2) is 0 Å². The molecule has 4 N–H and O–H groups in total. The first-order chi connectivity index (χ1) is 15.2. The van der Waals surface area contributed by atoms with Crippen molar-refractivity contribution in [3.8, 4) is 22.6 Å². The Labute approximate surface area is 181 Å². The second-order valence-electron chi connectivity index (χ2n) is 7.31. The van der Waals surface area contributed by atoms with Crippen molar-refractivity contribution in [3.05, 3.63) is 36.5 Å². The predicted octanol–water partition coefficient (Wildman–Crippen LogP) is 2.27. The molecule has 1 aliphatic heterocycles. The first-order valence-electron chi connectivity index (χ1n) is 10.4. The molecule has 31 heavy (non-hydrogen) atoms. The van der Waals surface area contributed by atoms with Crippen LogP contribution in [0, 0.1) is 0 Å². The molecular formula is C22H28N6O3. The highest BCUT2D eigenvalue weighted by molar-refractivity contribution is 5.98. The van der Waals surface area contributed by atoms with Crippen LogP contribution in [0.1, 0.15) is 0 Å². The Hall–Kier alpha value is -3.30. The van der Waals surface area contributed by atoms with Crippen molar-refractivity contribution in [2.75, 3.05) is 58.8 Å². The van der Waals surface area contributed by atoms with Crippen LogP contribution in [0.4, 0.5) is 10.6 Å². The Balaban J connectivity index is 1.45. The predicted molar refractivity (Wildman–Crippen MR) is 121 cm³/mol. The fourth-order valence-electron chi connectivity index (χ4n) is 3.82. The van der Waals surface area contributed by atoms with E-state index in [1.165, 1.54) is 0 Å². The third-order valence-corrected chi connectivity index (χ3v) is 5.40. The molecule has 0 spiro atoms. The van der Waals surface area contributed by atoms with Gasteiger partial charge in [-0.2, -0.15) is 0 Å². The Morgan fingerprint density at radius 1 is 1.13 bits per heavy atom. The number of H-pyrrole nitrogens is 1. The third kappa shape index (κ3) is 4.73.